The molecule has 1 aliphatic rings. The van der Waals surface area contributed by atoms with Crippen molar-refractivity contribution >= 4 is 21.6 Å². The molecule has 1 aliphatic heterocycles. The van der Waals surface area contributed by atoms with Crippen LogP contribution in [-0.2, 0) is 20.8 Å². The first-order chi connectivity index (χ1) is 22.4. The molecule has 0 spiro atoms. The van der Waals surface area contributed by atoms with Crippen molar-refractivity contribution in [2.24, 2.45) is 0 Å². The normalized spacial score (nSPS) is 18.4. The Balaban J connectivity index is 1.53. The maximum Gasteiger partial charge on any atom is 0.482 e. The zero-order valence-corrected chi connectivity index (χ0v) is 26.0. The van der Waals surface area contributed by atoms with Crippen LogP contribution in [0, 0.1) is 0 Å². The van der Waals surface area contributed by atoms with E-state index < -0.39 is 71.0 Å². The summed E-state index contributed by atoms with van der Waals surface area (Å²) in [6.45, 7) is -0.123. The minimum Gasteiger partial charge on any atom is -0.394 e. The quantitative estimate of drug-likeness (QED) is 0.226. The summed E-state index contributed by atoms with van der Waals surface area (Å²) in [5.74, 6) is -1.17. The molecule has 17 heteroatoms. The molecule has 0 saturated carbocycles. The molecule has 0 bridgehead atoms. The number of alkyl halides is 8. The fourth-order valence-electron chi connectivity index (χ4n) is 5.22. The Kier molecular flexibility index (Phi) is 11.1. The number of carbonyl (C=O) groups excluding carboxylic acids is 1. The van der Waals surface area contributed by atoms with Gasteiger partial charge in [-0.05, 0) is 60.4 Å². The number of sulfone groups is 1. The van der Waals surface area contributed by atoms with Crippen LogP contribution >= 0.6 is 0 Å². The molecule has 2 N–H and O–H groups in total. The number of aromatic nitrogens is 1. The molecule has 3 atom stereocenters. The van der Waals surface area contributed by atoms with E-state index in [0.717, 1.165) is 18.3 Å². The van der Waals surface area contributed by atoms with E-state index in [9.17, 15) is 53.4 Å². The third-order valence-electron chi connectivity index (χ3n) is 8.02. The van der Waals surface area contributed by atoms with Gasteiger partial charge in [-0.25, -0.2) is 13.4 Å². The Hall–Kier alpha value is -3.83. The predicted molar refractivity (Wildman–Crippen MR) is 157 cm³/mol. The molecule has 1 unspecified atom stereocenters. The number of pyridine rings is 1. The van der Waals surface area contributed by atoms with E-state index in [4.69, 9.17) is 0 Å². The molecule has 1 saturated heterocycles. The van der Waals surface area contributed by atoms with Gasteiger partial charge in [0.1, 0.15) is 5.82 Å². The molecular weight excluding hydrogens is 678 g/mol. The van der Waals surface area contributed by atoms with Crippen LogP contribution in [0.2, 0.25) is 0 Å². The number of rotatable bonds is 11. The zero-order chi connectivity index (χ0) is 35.5. The zero-order valence-electron chi connectivity index (χ0n) is 25.2. The van der Waals surface area contributed by atoms with E-state index in [1.165, 1.54) is 60.4 Å². The third-order valence-corrected chi connectivity index (χ3v) is 9.77. The van der Waals surface area contributed by atoms with Crippen LogP contribution in [0.1, 0.15) is 58.8 Å². The van der Waals surface area contributed by atoms with Crippen LogP contribution in [0.5, 0.6) is 0 Å². The van der Waals surface area contributed by atoms with Gasteiger partial charge in [-0.15, -0.1) is 0 Å². The Bertz CT molecular complexity index is 1650. The Morgan fingerprint density at radius 2 is 1.62 bits per heavy atom. The van der Waals surface area contributed by atoms with E-state index in [1.54, 1.807) is 0 Å². The van der Waals surface area contributed by atoms with Gasteiger partial charge in [-0.1, -0.05) is 31.2 Å². The van der Waals surface area contributed by atoms with Gasteiger partial charge in [-0.3, -0.25) is 4.79 Å². The summed E-state index contributed by atoms with van der Waals surface area (Å²) in [4.78, 5) is 18.7. The molecule has 1 amide bonds. The number of carbonyl (C=O) groups is 1. The van der Waals surface area contributed by atoms with Gasteiger partial charge in [0.15, 0.2) is 9.84 Å². The lowest BCUT2D eigenvalue weighted by molar-refractivity contribution is -0.391. The van der Waals surface area contributed by atoms with Gasteiger partial charge < -0.3 is 20.1 Å². The van der Waals surface area contributed by atoms with Crippen LogP contribution in [0.15, 0.2) is 71.8 Å². The number of amides is 1. The van der Waals surface area contributed by atoms with E-state index >= 15 is 0 Å². The van der Waals surface area contributed by atoms with Crippen molar-refractivity contribution in [1.29, 1.82) is 0 Å². The lowest BCUT2D eigenvalue weighted by Gasteiger charge is -2.41. The molecule has 1 aromatic heterocycles. The summed E-state index contributed by atoms with van der Waals surface area (Å²) in [6.07, 6.45) is -14.6. The van der Waals surface area contributed by atoms with E-state index in [0.29, 0.717) is 11.1 Å². The fraction of sp³-hybridized carbons (Fsp3) is 0.419. The van der Waals surface area contributed by atoms with E-state index in [1.807, 2.05) is 0 Å². The van der Waals surface area contributed by atoms with Gasteiger partial charge in [-0.2, -0.15) is 35.1 Å². The first-order valence-electron chi connectivity index (χ1n) is 14.6. The SMILES string of the molecule is CCS(=O)(=O)c1ccc([C@H](CO)NC(=O)c2ccc(N3CC(c4ccc(C(F)(F)F)cc4)CC[C@H]3COC(F)(F)C(F)(F)F)nc2)cc1. The number of nitrogens with zero attached hydrogens (tertiary/aromatic N) is 2. The van der Waals surface area contributed by atoms with Crippen molar-refractivity contribution in [3.8, 4) is 0 Å². The molecule has 3 aromatic rings. The highest BCUT2D eigenvalue weighted by Crippen LogP contribution is 2.39. The highest BCUT2D eigenvalue weighted by atomic mass is 32.2. The molecule has 2 heterocycles. The number of hydrogen-bond acceptors (Lipinski definition) is 7. The molecule has 262 valence electrons. The number of ether oxygens (including phenoxy) is 1. The summed E-state index contributed by atoms with van der Waals surface area (Å²) in [5.41, 5.74) is 0.0149. The Labute approximate surface area is 270 Å². The largest absolute Gasteiger partial charge is 0.482 e. The van der Waals surface area contributed by atoms with Gasteiger partial charge in [0.25, 0.3) is 5.91 Å². The summed E-state index contributed by atoms with van der Waals surface area (Å²) in [5, 5.41) is 12.5. The number of aliphatic hydroxyl groups excluding tert-OH is 1. The maximum absolute atomic E-state index is 13.6. The average molecular weight is 710 g/mol. The fourth-order valence-corrected chi connectivity index (χ4v) is 6.10. The number of halogens is 8. The summed E-state index contributed by atoms with van der Waals surface area (Å²) < 4.78 is 133. The first kappa shape index (κ1) is 37.0. The van der Waals surface area contributed by atoms with Crippen molar-refractivity contribution in [3.63, 3.8) is 0 Å². The molecule has 4 rings (SSSR count). The van der Waals surface area contributed by atoms with Crippen molar-refractivity contribution in [3.05, 3.63) is 89.1 Å². The summed E-state index contributed by atoms with van der Waals surface area (Å²) >= 11 is 0. The Morgan fingerprint density at radius 3 is 2.15 bits per heavy atom. The maximum atomic E-state index is 13.6. The molecule has 8 nitrogen and oxygen atoms in total. The average Bonchev–Trinajstić information content (AvgIpc) is 3.05. The predicted octanol–water partition coefficient (Wildman–Crippen LogP) is 6.28. The Morgan fingerprint density at radius 1 is 0.979 bits per heavy atom. The third kappa shape index (κ3) is 8.60. The first-order valence-corrected chi connectivity index (χ1v) is 16.2. The van der Waals surface area contributed by atoms with E-state index in [2.05, 4.69) is 15.0 Å². The van der Waals surface area contributed by atoms with Crippen molar-refractivity contribution in [2.45, 2.75) is 61.1 Å². The second-order valence-electron chi connectivity index (χ2n) is 11.1. The van der Waals surface area contributed by atoms with Gasteiger partial charge in [0.05, 0.1) is 47.1 Å². The number of anilines is 1. The molecule has 0 aliphatic carbocycles. The number of piperidine rings is 1. The molecular formula is C31H31F8N3O5S. The number of benzene rings is 2. The monoisotopic (exact) mass is 709 g/mol. The van der Waals surface area contributed by atoms with Crippen LogP contribution in [0.25, 0.3) is 0 Å². The van der Waals surface area contributed by atoms with Crippen LogP contribution in [0.4, 0.5) is 40.9 Å². The highest BCUT2D eigenvalue weighted by molar-refractivity contribution is 7.91. The van der Waals surface area contributed by atoms with Gasteiger partial charge in [0, 0.05) is 18.7 Å². The number of hydrogen-bond donors (Lipinski definition) is 2. The highest BCUT2D eigenvalue weighted by Gasteiger charge is 2.59. The number of aliphatic hydroxyl groups is 1. The molecule has 0 radical (unpaired) electrons. The van der Waals surface area contributed by atoms with Crippen molar-refractivity contribution < 1.29 is 58.2 Å². The minimum atomic E-state index is -5.95. The molecule has 1 fully saturated rings. The second-order valence-corrected chi connectivity index (χ2v) is 13.4. The minimum absolute atomic E-state index is 0.00455. The topological polar surface area (TPSA) is 109 Å². The smallest absolute Gasteiger partial charge is 0.394 e. The number of nitrogens with one attached hydrogen (secondary N) is 1. The van der Waals surface area contributed by atoms with Crippen LogP contribution in [0.3, 0.4) is 0 Å². The van der Waals surface area contributed by atoms with Crippen LogP contribution < -0.4 is 10.2 Å². The van der Waals surface area contributed by atoms with Crippen molar-refractivity contribution in [1.82, 2.24) is 10.3 Å². The lowest BCUT2D eigenvalue weighted by Crippen LogP contribution is -2.49. The molecule has 2 aromatic carbocycles. The summed E-state index contributed by atoms with van der Waals surface area (Å²) in [6, 6.07) is 10.6. The van der Waals surface area contributed by atoms with Gasteiger partial charge in [0.2, 0.25) is 0 Å². The van der Waals surface area contributed by atoms with Gasteiger partial charge >= 0.3 is 18.5 Å². The second kappa shape index (κ2) is 14.3. The lowest BCUT2D eigenvalue weighted by atomic mass is 9.87. The summed E-state index contributed by atoms with van der Waals surface area (Å²) in [7, 11) is -3.47. The van der Waals surface area contributed by atoms with Crippen molar-refractivity contribution in [2.75, 3.05) is 30.4 Å². The standard InChI is InChI=1S/C31H31F8N3O5S/c1-2-48(45,46)25-12-6-20(7-13-25)26(17-43)41-28(44)21-8-14-27(40-15-21)42-16-22(19-3-9-23(10-4-19)29(32,33)34)5-11-24(42)18-47-31(38,39)30(35,36)37/h3-4,6-10,12-15,22,24,26,43H,2,5,11,16-18H2,1H3,(H,41,44)/t22?,24-,26-/m0/s1. The van der Waals surface area contributed by atoms with Crippen LogP contribution in [-0.4, -0.2) is 68.3 Å². The van der Waals surface area contributed by atoms with E-state index in [-0.39, 0.29) is 41.4 Å². The molecule has 48 heavy (non-hydrogen) atoms.